The highest BCUT2D eigenvalue weighted by Crippen LogP contribution is 2.43. The van der Waals surface area contributed by atoms with Gasteiger partial charge in [-0.05, 0) is 250 Å². The lowest BCUT2D eigenvalue weighted by Crippen LogP contribution is -2.15. The van der Waals surface area contributed by atoms with Crippen LogP contribution < -0.4 is 31.3 Å². The third-order valence-electron chi connectivity index (χ3n) is 23.7. The van der Waals surface area contributed by atoms with Crippen molar-refractivity contribution >= 4 is 168 Å². The molecule has 9 N–H and O–H groups in total. The number of anilines is 5. The van der Waals surface area contributed by atoms with Crippen LogP contribution >= 0.6 is 104 Å². The van der Waals surface area contributed by atoms with E-state index in [1.807, 2.05) is 176 Å². The number of hydrogen-bond acceptors (Lipinski definition) is 17. The average Bonchev–Trinajstić information content (AvgIpc) is 0.812. The van der Waals surface area contributed by atoms with Gasteiger partial charge in [0.25, 0.3) is 35.2 Å². The Kier molecular flexibility index (Phi) is 38.9. The summed E-state index contributed by atoms with van der Waals surface area (Å²) in [7, 11) is 1.49. The molecule has 32 heteroatoms. The Labute approximate surface area is 900 Å². The number of methoxy groups -OCH3 is 1. The number of para-hydroxylation sites is 2. The molecular weight excluding hydrogens is 2060 g/mol. The zero-order valence-electron chi connectivity index (χ0n) is 81.0. The number of nitro groups is 1. The molecule has 0 saturated heterocycles. The van der Waals surface area contributed by atoms with Gasteiger partial charge in [-0.1, -0.05) is 302 Å². The van der Waals surface area contributed by atoms with Crippen molar-refractivity contribution in [1.82, 2.24) is 0 Å². The van der Waals surface area contributed by atoms with Gasteiger partial charge in [0.1, 0.15) is 22.8 Å². The van der Waals surface area contributed by atoms with Crippen LogP contribution in [0.5, 0.6) is 28.7 Å². The summed E-state index contributed by atoms with van der Waals surface area (Å²) in [6, 6.07) is 88.6. The molecule has 0 spiro atoms. The number of halogens is 9. The summed E-state index contributed by atoms with van der Waals surface area (Å²) in [5.74, 6) is -6.30. The topological polar surface area (TPSA) is 398 Å². The third-order valence-corrected chi connectivity index (χ3v) is 26.3. The maximum atomic E-state index is 12.8. The van der Waals surface area contributed by atoms with Crippen LogP contribution in [0.2, 0.25) is 45.2 Å². The van der Waals surface area contributed by atoms with Crippen LogP contribution in [0.3, 0.4) is 0 Å². The first-order chi connectivity index (χ1) is 70.5. The van der Waals surface area contributed by atoms with E-state index in [1.165, 1.54) is 73.8 Å². The van der Waals surface area contributed by atoms with Crippen molar-refractivity contribution in [3.63, 3.8) is 0 Å². The van der Waals surface area contributed by atoms with Crippen molar-refractivity contribution in [1.29, 1.82) is 26.3 Å². The van der Waals surface area contributed by atoms with Crippen LogP contribution in [0, 0.1) is 136 Å². The van der Waals surface area contributed by atoms with Crippen LogP contribution in [0.25, 0.3) is 0 Å². The van der Waals surface area contributed by atoms with Crippen molar-refractivity contribution < 1.29 is 54.1 Å². The van der Waals surface area contributed by atoms with Gasteiger partial charge in [-0.3, -0.25) is 34.1 Å². The number of nitrogens with one attached hydrogen (secondary N) is 5. The summed E-state index contributed by atoms with van der Waals surface area (Å²) < 4.78 is 5.25. The molecule has 15 rings (SSSR count). The normalized spacial score (nSPS) is 11.5. The van der Waals surface area contributed by atoms with Gasteiger partial charge < -0.3 is 51.7 Å². The van der Waals surface area contributed by atoms with E-state index in [4.69, 9.17) is 109 Å². The van der Waals surface area contributed by atoms with E-state index in [9.17, 15) is 80.8 Å². The predicted octanol–water partition coefficient (Wildman–Crippen LogP) is 30.7. The van der Waals surface area contributed by atoms with Crippen LogP contribution in [0.1, 0.15) is 193 Å². The smallest absolute Gasteiger partial charge is 0.282 e. The van der Waals surface area contributed by atoms with Crippen molar-refractivity contribution in [3.8, 4) is 59.1 Å². The largest absolute Gasteiger partial charge is 0.507 e. The second-order valence-electron chi connectivity index (χ2n) is 34.3. The van der Waals surface area contributed by atoms with Crippen molar-refractivity contribution in [2.75, 3.05) is 33.7 Å². The number of amides is 5. The Morgan fingerprint density at radius 2 is 0.561 bits per heavy atom. The fourth-order valence-corrected chi connectivity index (χ4v) is 17.7. The van der Waals surface area contributed by atoms with E-state index in [2.05, 4.69) is 56.9 Å². The Hall–Kier alpha value is -15.9. The number of nitriles is 5. The zero-order valence-corrected chi connectivity index (χ0v) is 87.8. The molecule has 15 aromatic rings. The first-order valence-corrected chi connectivity index (χ1v) is 48.5. The number of aryl methyl sites for hydroxylation is 10. The fraction of sp³-hybridized carbons (Fsp3) is 0.138. The Bertz CT molecular complexity index is 7710. The molecule has 15 aromatic carbocycles. The van der Waals surface area contributed by atoms with E-state index >= 15 is 0 Å². The maximum Gasteiger partial charge on any atom is 0.282 e. The number of carbonyl (C=O) groups is 5. The zero-order chi connectivity index (χ0) is 108. The summed E-state index contributed by atoms with van der Waals surface area (Å²) >= 11 is 56.2. The van der Waals surface area contributed by atoms with Crippen LogP contribution in [0.15, 0.2) is 273 Å². The highest BCUT2D eigenvalue weighted by Gasteiger charge is 2.29. The number of benzene rings is 15. The van der Waals surface area contributed by atoms with E-state index in [0.29, 0.717) is 119 Å². The molecule has 0 aliphatic rings. The van der Waals surface area contributed by atoms with Crippen LogP contribution in [-0.4, -0.2) is 62.0 Å². The lowest BCUT2D eigenvalue weighted by molar-refractivity contribution is -0.385. The highest BCUT2D eigenvalue weighted by atomic mass is 35.5. The van der Waals surface area contributed by atoms with E-state index in [1.54, 1.807) is 99.6 Å². The number of hydrogen-bond donors (Lipinski definition) is 9. The van der Waals surface area contributed by atoms with Crippen molar-refractivity contribution in [2.24, 2.45) is 0 Å². The summed E-state index contributed by atoms with van der Waals surface area (Å²) in [5.41, 5.74) is 18.9. The predicted molar refractivity (Wildman–Crippen MR) is 586 cm³/mol. The molecular formula is C116H92Cl9N11O12. The molecule has 746 valence electrons. The average molecular weight is 2150 g/mol. The van der Waals surface area contributed by atoms with E-state index < -0.39 is 63.9 Å². The molecule has 5 amide bonds. The first kappa shape index (κ1) is 112. The van der Waals surface area contributed by atoms with Crippen LogP contribution in [-0.2, 0) is 0 Å². The molecule has 23 nitrogen and oxygen atoms in total. The minimum Gasteiger partial charge on any atom is -0.507 e. The monoisotopic (exact) mass is 2150 g/mol. The second-order valence-corrected chi connectivity index (χ2v) is 38.1. The molecule has 0 fully saturated rings. The fourth-order valence-electron chi connectivity index (χ4n) is 15.5. The Morgan fingerprint density at radius 1 is 0.291 bits per heavy atom. The Morgan fingerprint density at radius 3 is 0.872 bits per heavy atom. The SMILES string of the molecule is COc1ccc(Cl)cc1C(=O)Nc1cc(Cl)c(C(C#N)c2ccc(C)cc2)cc1C.Cc1ccc(C(C#N)c2cc(C)c(NC(=O)c3cc(Cl)cc(Cl)c3O)cc2Cl)cc1.Cc1ccc(C(C#N)c2cc(C)c(NC(=O)c3cc(Cl)ccc3O)cc2Cl)cc1.Cc1ccc(C(C#N)c2cc(C)c(NC(=O)c3cccc(O)c3O)cc2Cl)cc1.Cc1ccc(C(C#N)c2cc(C)c(NC(=O)c3ccccc3[N+](=O)[O-])cc2Cl)cc1. The molecule has 0 saturated carbocycles. The number of phenols is 4. The number of rotatable bonds is 22. The molecule has 0 radical (unpaired) electrons. The van der Waals surface area contributed by atoms with Crippen molar-refractivity contribution in [3.05, 3.63) is 467 Å². The van der Waals surface area contributed by atoms with Gasteiger partial charge in [0.05, 0.1) is 99.2 Å². The first-order valence-electron chi connectivity index (χ1n) is 45.1. The third kappa shape index (κ3) is 28.2. The number of aromatic hydroxyl groups is 4. The minimum absolute atomic E-state index is 0.0206. The summed E-state index contributed by atoms with van der Waals surface area (Å²) in [4.78, 5) is 73.7. The van der Waals surface area contributed by atoms with Gasteiger partial charge in [0.2, 0.25) is 0 Å². The number of nitrogens with zero attached hydrogens (tertiary/aromatic N) is 6. The van der Waals surface area contributed by atoms with Gasteiger partial charge in [-0.2, -0.15) is 26.3 Å². The van der Waals surface area contributed by atoms with Gasteiger partial charge in [0, 0.05) is 74.7 Å². The van der Waals surface area contributed by atoms with Crippen LogP contribution in [0.4, 0.5) is 34.1 Å². The standard InChI is InChI=1S/C24H20Cl2N2O2.C23H17Cl3N2O2.C23H18Cl2N2O2.C23H18ClN3O3.C23H19ClN2O3/c1-14-4-6-16(7-5-14)20(13-27)18-10-15(2)22(12-21(18)26)28-24(29)19-11-17(25)8-9-23(19)30-3;1-12-3-5-14(6-4-12)18(11-27)16-7-13(2)21(10-19(16)25)28-23(30)17-8-15(24)9-20(26)22(17)29;1-13-3-5-15(6-4-13)19(12-26)17-9-14(2)21(11-20(17)25)27-23(29)18-10-16(24)7-8-22(18)28;1-14-7-9-16(10-8-14)19(13-25)18-11-15(2)21(12-20(18)24)26-23(28)17-5-3-4-6-22(17)27(29)30;1-13-6-8-15(9-7-13)18(12-25)17-10-14(2)20(11-19(17)24)26-23(29)16-4-3-5-21(27)22(16)28/h4-12,20H,1-3H3,(H,28,29);3-10,18,29H,1-2H3,(H,28,30);3-11,19,28H,1-2H3,(H,27,29);3-12,19H,1-2H3,(H,26,28);3-11,18,27-28H,1-2H3,(H,26,29). The van der Waals surface area contributed by atoms with E-state index in [0.717, 1.165) is 66.8 Å². The minimum atomic E-state index is -0.607. The van der Waals surface area contributed by atoms with Gasteiger partial charge in [-0.15, -0.1) is 0 Å². The molecule has 0 heterocycles. The lowest BCUT2D eigenvalue weighted by atomic mass is 9.90. The molecule has 0 bridgehead atoms. The van der Waals surface area contributed by atoms with Gasteiger partial charge in [0.15, 0.2) is 11.5 Å². The number of nitro benzene ring substituents is 1. The van der Waals surface area contributed by atoms with E-state index in [-0.39, 0.29) is 61.1 Å². The molecule has 5 atom stereocenters. The number of phenolic OH excluding ortho intramolecular Hbond substituents is 4. The molecule has 5 unspecified atom stereocenters. The molecule has 0 aliphatic heterocycles. The van der Waals surface area contributed by atoms with Gasteiger partial charge >= 0.3 is 0 Å². The molecule has 148 heavy (non-hydrogen) atoms. The molecule has 0 aliphatic carbocycles. The van der Waals surface area contributed by atoms with Gasteiger partial charge in [-0.25, -0.2) is 0 Å². The number of ether oxygens (including phenoxy) is 1. The molecule has 0 aromatic heterocycles. The summed E-state index contributed by atoms with van der Waals surface area (Å²) in [6.45, 7) is 18.9. The maximum absolute atomic E-state index is 12.8. The lowest BCUT2D eigenvalue weighted by Gasteiger charge is -2.17. The van der Waals surface area contributed by atoms with Crippen molar-refractivity contribution in [2.45, 2.75) is 98.8 Å². The number of carbonyl (C=O) groups excluding carboxylic acids is 5. The Balaban J connectivity index is 0.000000176. The second kappa shape index (κ2) is 51.2. The summed E-state index contributed by atoms with van der Waals surface area (Å²) in [5, 5.41) is 116. The summed E-state index contributed by atoms with van der Waals surface area (Å²) in [6.07, 6.45) is 0. The quantitative estimate of drug-likeness (QED) is 0.0173. The highest BCUT2D eigenvalue weighted by molar-refractivity contribution is 6.37.